The smallest absolute Gasteiger partial charge is 0.220 e. The van der Waals surface area contributed by atoms with Gasteiger partial charge >= 0.3 is 0 Å². The third-order valence-corrected chi connectivity index (χ3v) is 3.23. The molecule has 0 saturated heterocycles. The van der Waals surface area contributed by atoms with E-state index < -0.39 is 0 Å². The van der Waals surface area contributed by atoms with Crippen molar-refractivity contribution in [2.24, 2.45) is 5.84 Å². The average molecular weight is 308 g/mol. The summed E-state index contributed by atoms with van der Waals surface area (Å²) < 4.78 is 1.000. The Balaban J connectivity index is 0.00000112. The summed E-state index contributed by atoms with van der Waals surface area (Å²) in [5.74, 6) is 5.23. The number of nitrogen functional groups attached to an aromatic ring is 1. The molecule has 0 aliphatic heterocycles. The number of hydrogen-bond donors (Lipinski definition) is 2. The minimum Gasteiger partial charge on any atom is -0.298 e. The molecule has 15 heavy (non-hydrogen) atoms. The third-order valence-electron chi connectivity index (χ3n) is 1.65. The number of nitrogens with one attached hydrogen (secondary N) is 1. The second-order valence-electron chi connectivity index (χ2n) is 2.54. The summed E-state index contributed by atoms with van der Waals surface area (Å²) in [7, 11) is 0. The highest BCUT2D eigenvalue weighted by atomic mass is 79.9. The lowest BCUT2D eigenvalue weighted by Gasteiger charge is -1.97. The molecule has 0 spiro atoms. The van der Waals surface area contributed by atoms with Gasteiger partial charge in [0.05, 0.1) is 0 Å². The number of anilines is 1. The zero-order valence-corrected chi connectivity index (χ0v) is 10.7. The lowest BCUT2D eigenvalue weighted by Crippen LogP contribution is -2.05. The second kappa shape index (κ2) is 5.41. The minimum absolute atomic E-state index is 0. The number of nitrogens with zero attached hydrogens (tertiary/aromatic N) is 2. The average Bonchev–Trinajstić information content (AvgIpc) is 2.67. The van der Waals surface area contributed by atoms with E-state index in [9.17, 15) is 0 Å². The Morgan fingerprint density at radius 1 is 1.27 bits per heavy atom. The number of rotatable bonds is 2. The van der Waals surface area contributed by atoms with Gasteiger partial charge in [-0.05, 0) is 6.07 Å². The van der Waals surface area contributed by atoms with Crippen molar-refractivity contribution in [3.8, 4) is 10.6 Å². The van der Waals surface area contributed by atoms with Gasteiger partial charge in [-0.15, -0.1) is 22.6 Å². The normalized spacial score (nSPS) is 9.47. The van der Waals surface area contributed by atoms with Crippen LogP contribution in [0.4, 0.5) is 5.13 Å². The first kappa shape index (κ1) is 12.4. The van der Waals surface area contributed by atoms with Crippen molar-refractivity contribution < 1.29 is 0 Å². The van der Waals surface area contributed by atoms with E-state index >= 15 is 0 Å². The number of halogens is 2. The number of hydrogen-bond acceptors (Lipinski definition) is 5. The van der Waals surface area contributed by atoms with Gasteiger partial charge in [-0.3, -0.25) is 5.43 Å². The molecule has 1 aromatic heterocycles. The van der Waals surface area contributed by atoms with E-state index in [1.165, 1.54) is 11.3 Å². The second-order valence-corrected chi connectivity index (χ2v) is 4.37. The van der Waals surface area contributed by atoms with E-state index in [2.05, 4.69) is 31.6 Å². The maximum absolute atomic E-state index is 5.23. The first-order valence-electron chi connectivity index (χ1n) is 3.86. The van der Waals surface area contributed by atoms with Crippen molar-refractivity contribution in [3.63, 3.8) is 0 Å². The third kappa shape index (κ3) is 2.66. The fraction of sp³-hybridized carbons (Fsp3) is 0. The first-order valence-corrected chi connectivity index (χ1v) is 5.47. The van der Waals surface area contributed by atoms with Gasteiger partial charge in [-0.1, -0.05) is 45.5 Å². The number of nitrogens with two attached hydrogens (primary N) is 1. The maximum Gasteiger partial charge on any atom is 0.220 e. The molecule has 0 fully saturated rings. The van der Waals surface area contributed by atoms with Crippen LogP contribution in [0.1, 0.15) is 0 Å². The molecule has 1 aromatic carbocycles. The van der Waals surface area contributed by atoms with Crippen molar-refractivity contribution >= 4 is 44.8 Å². The SMILES string of the molecule is Cl.NNc1nnc(-c2ccccc2Br)s1. The van der Waals surface area contributed by atoms with Gasteiger partial charge in [0.15, 0.2) is 5.01 Å². The van der Waals surface area contributed by atoms with Crippen LogP contribution in [0.25, 0.3) is 10.6 Å². The summed E-state index contributed by atoms with van der Waals surface area (Å²) in [6.07, 6.45) is 0. The van der Waals surface area contributed by atoms with Gasteiger partial charge in [-0.2, -0.15) is 0 Å². The molecule has 2 rings (SSSR count). The Morgan fingerprint density at radius 3 is 2.60 bits per heavy atom. The van der Waals surface area contributed by atoms with Crippen molar-refractivity contribution in [3.05, 3.63) is 28.7 Å². The molecule has 0 aliphatic carbocycles. The molecule has 80 valence electrons. The Labute approximate surface area is 105 Å². The van der Waals surface area contributed by atoms with Gasteiger partial charge in [0.1, 0.15) is 0 Å². The van der Waals surface area contributed by atoms with Crippen LogP contribution < -0.4 is 11.3 Å². The van der Waals surface area contributed by atoms with Crippen LogP contribution in [0.3, 0.4) is 0 Å². The topological polar surface area (TPSA) is 63.8 Å². The summed E-state index contributed by atoms with van der Waals surface area (Å²) >= 11 is 4.86. The molecule has 3 N–H and O–H groups in total. The standard InChI is InChI=1S/C8H7BrN4S.ClH/c9-6-4-2-1-3-5(6)7-12-13-8(11-10)14-7;/h1-4H,10H2,(H,11,13);1H. The molecule has 0 unspecified atom stereocenters. The number of aromatic nitrogens is 2. The van der Waals surface area contributed by atoms with Crippen LogP contribution in [0.2, 0.25) is 0 Å². The van der Waals surface area contributed by atoms with E-state index in [-0.39, 0.29) is 12.4 Å². The zero-order chi connectivity index (χ0) is 9.97. The Morgan fingerprint density at radius 2 is 2.00 bits per heavy atom. The molecule has 2 aromatic rings. The van der Waals surface area contributed by atoms with Gasteiger partial charge < -0.3 is 0 Å². The van der Waals surface area contributed by atoms with Crippen LogP contribution in [0, 0.1) is 0 Å². The van der Waals surface area contributed by atoms with Crippen molar-refractivity contribution in [2.45, 2.75) is 0 Å². The predicted octanol–water partition coefficient (Wildman–Crippen LogP) is 2.68. The Bertz CT molecular complexity index is 448. The highest BCUT2D eigenvalue weighted by Gasteiger charge is 2.07. The van der Waals surface area contributed by atoms with Crippen molar-refractivity contribution in [2.75, 3.05) is 5.43 Å². The fourth-order valence-corrected chi connectivity index (χ4v) is 2.32. The van der Waals surface area contributed by atoms with Gasteiger partial charge in [0, 0.05) is 10.0 Å². The lowest BCUT2D eigenvalue weighted by atomic mass is 10.2. The van der Waals surface area contributed by atoms with E-state index in [1.54, 1.807) is 0 Å². The van der Waals surface area contributed by atoms with Gasteiger partial charge in [0.2, 0.25) is 5.13 Å². The molecule has 4 nitrogen and oxygen atoms in total. The summed E-state index contributed by atoms with van der Waals surface area (Å²) in [5.41, 5.74) is 3.49. The Hall–Kier alpha value is -0.690. The maximum atomic E-state index is 5.23. The van der Waals surface area contributed by atoms with Gasteiger partial charge in [-0.25, -0.2) is 5.84 Å². The number of benzene rings is 1. The molecule has 0 atom stereocenters. The molecule has 0 bridgehead atoms. The molecule has 7 heteroatoms. The molecule has 1 heterocycles. The summed E-state index contributed by atoms with van der Waals surface area (Å²) in [4.78, 5) is 0. The molecular weight excluding hydrogens is 300 g/mol. The molecule has 0 saturated carbocycles. The van der Waals surface area contributed by atoms with Crippen LogP contribution in [-0.4, -0.2) is 10.2 Å². The van der Waals surface area contributed by atoms with E-state index in [0.29, 0.717) is 5.13 Å². The van der Waals surface area contributed by atoms with E-state index in [0.717, 1.165) is 15.0 Å². The minimum atomic E-state index is 0. The highest BCUT2D eigenvalue weighted by molar-refractivity contribution is 9.10. The van der Waals surface area contributed by atoms with Crippen LogP contribution in [0.5, 0.6) is 0 Å². The van der Waals surface area contributed by atoms with Crippen LogP contribution in [0.15, 0.2) is 28.7 Å². The molecular formula is C8H8BrClN4S. The van der Waals surface area contributed by atoms with E-state index in [1.807, 2.05) is 24.3 Å². The molecule has 0 radical (unpaired) electrons. The Kier molecular flexibility index (Phi) is 4.46. The highest BCUT2D eigenvalue weighted by Crippen LogP contribution is 2.31. The zero-order valence-electron chi connectivity index (χ0n) is 7.48. The largest absolute Gasteiger partial charge is 0.298 e. The number of hydrazine groups is 1. The van der Waals surface area contributed by atoms with Crippen LogP contribution >= 0.6 is 39.7 Å². The van der Waals surface area contributed by atoms with Crippen molar-refractivity contribution in [1.82, 2.24) is 10.2 Å². The van der Waals surface area contributed by atoms with Crippen LogP contribution in [-0.2, 0) is 0 Å². The fourth-order valence-electron chi connectivity index (χ4n) is 1.03. The molecule has 0 aliphatic rings. The predicted molar refractivity (Wildman–Crippen MR) is 68.1 cm³/mol. The first-order chi connectivity index (χ1) is 6.81. The quantitative estimate of drug-likeness (QED) is 0.661. The molecule has 0 amide bonds. The van der Waals surface area contributed by atoms with Gasteiger partial charge in [0.25, 0.3) is 0 Å². The summed E-state index contributed by atoms with van der Waals surface area (Å²) in [6, 6.07) is 7.85. The summed E-state index contributed by atoms with van der Waals surface area (Å²) in [5, 5.41) is 9.32. The summed E-state index contributed by atoms with van der Waals surface area (Å²) in [6.45, 7) is 0. The lowest BCUT2D eigenvalue weighted by molar-refractivity contribution is 1.08. The van der Waals surface area contributed by atoms with E-state index in [4.69, 9.17) is 5.84 Å². The van der Waals surface area contributed by atoms with Crippen molar-refractivity contribution in [1.29, 1.82) is 0 Å². The monoisotopic (exact) mass is 306 g/mol.